The van der Waals surface area contributed by atoms with Crippen molar-refractivity contribution in [2.45, 2.75) is 52.5 Å². The van der Waals surface area contributed by atoms with Crippen LogP contribution in [0, 0.1) is 11.3 Å². The van der Waals surface area contributed by atoms with Crippen LogP contribution in [0.15, 0.2) is 0 Å². The standard InChI is InChI=1S/C12H23NO4S/c1-12(2,3)6-7-18(16,17)13-10-5-4-9(8-10)11(14)15/h9-10,13H,4-8H2,1-3H3,(H,14,15)/t9-,10+/m1/s1. The van der Waals surface area contributed by atoms with Gasteiger partial charge in [0.2, 0.25) is 10.0 Å². The van der Waals surface area contributed by atoms with Crippen molar-refractivity contribution in [1.29, 1.82) is 0 Å². The highest BCUT2D eigenvalue weighted by Gasteiger charge is 2.32. The summed E-state index contributed by atoms with van der Waals surface area (Å²) in [6.07, 6.45) is 2.18. The molecule has 0 bridgehead atoms. The monoisotopic (exact) mass is 277 g/mol. The first kappa shape index (κ1) is 15.4. The summed E-state index contributed by atoms with van der Waals surface area (Å²) in [7, 11) is -3.29. The van der Waals surface area contributed by atoms with Crippen LogP contribution in [-0.4, -0.2) is 31.3 Å². The van der Waals surface area contributed by atoms with Gasteiger partial charge >= 0.3 is 5.97 Å². The quantitative estimate of drug-likeness (QED) is 0.799. The van der Waals surface area contributed by atoms with Crippen molar-refractivity contribution in [1.82, 2.24) is 4.72 Å². The van der Waals surface area contributed by atoms with Gasteiger partial charge < -0.3 is 5.11 Å². The van der Waals surface area contributed by atoms with Crippen molar-refractivity contribution in [2.75, 3.05) is 5.75 Å². The first-order valence-electron chi connectivity index (χ1n) is 6.32. The predicted molar refractivity (Wildman–Crippen MR) is 69.8 cm³/mol. The van der Waals surface area contributed by atoms with Gasteiger partial charge in [0.25, 0.3) is 0 Å². The van der Waals surface area contributed by atoms with Crippen LogP contribution in [0.25, 0.3) is 0 Å². The molecule has 0 unspecified atom stereocenters. The molecular formula is C12H23NO4S. The summed E-state index contributed by atoms with van der Waals surface area (Å²) in [6, 6.07) is -0.212. The Bertz CT molecular complexity index is 397. The lowest BCUT2D eigenvalue weighted by atomic mass is 9.94. The van der Waals surface area contributed by atoms with Gasteiger partial charge in [0, 0.05) is 6.04 Å². The summed E-state index contributed by atoms with van der Waals surface area (Å²) < 4.78 is 26.3. The van der Waals surface area contributed by atoms with Gasteiger partial charge in [-0.1, -0.05) is 20.8 Å². The minimum atomic E-state index is -3.29. The van der Waals surface area contributed by atoms with Gasteiger partial charge in [0.1, 0.15) is 0 Å². The third kappa shape index (κ3) is 5.35. The Morgan fingerprint density at radius 3 is 2.39 bits per heavy atom. The largest absolute Gasteiger partial charge is 0.481 e. The second-order valence-electron chi connectivity index (χ2n) is 6.29. The number of sulfonamides is 1. The maximum atomic E-state index is 11.9. The Kier molecular flexibility index (Phi) is 4.78. The maximum Gasteiger partial charge on any atom is 0.306 e. The minimum Gasteiger partial charge on any atom is -0.481 e. The van der Waals surface area contributed by atoms with Crippen LogP contribution in [0.4, 0.5) is 0 Å². The smallest absolute Gasteiger partial charge is 0.306 e. The molecule has 0 aliphatic heterocycles. The fourth-order valence-corrected chi connectivity index (χ4v) is 3.79. The molecule has 1 saturated carbocycles. The Balaban J connectivity index is 2.45. The fourth-order valence-electron chi connectivity index (χ4n) is 2.07. The second-order valence-corrected chi connectivity index (χ2v) is 8.17. The molecule has 2 atom stereocenters. The first-order valence-corrected chi connectivity index (χ1v) is 7.97. The van der Waals surface area contributed by atoms with E-state index in [-0.39, 0.29) is 17.2 Å². The lowest BCUT2D eigenvalue weighted by Crippen LogP contribution is -2.36. The van der Waals surface area contributed by atoms with Crippen molar-refractivity contribution < 1.29 is 18.3 Å². The zero-order valence-electron chi connectivity index (χ0n) is 11.3. The van der Waals surface area contributed by atoms with Crippen LogP contribution in [0.3, 0.4) is 0 Å². The number of carbonyl (C=O) groups is 1. The predicted octanol–water partition coefficient (Wildman–Crippen LogP) is 1.60. The van der Waals surface area contributed by atoms with Gasteiger partial charge in [-0.25, -0.2) is 13.1 Å². The van der Waals surface area contributed by atoms with E-state index >= 15 is 0 Å². The molecule has 1 aliphatic rings. The van der Waals surface area contributed by atoms with Crippen LogP contribution in [0.2, 0.25) is 0 Å². The van der Waals surface area contributed by atoms with E-state index in [1.807, 2.05) is 20.8 Å². The summed E-state index contributed by atoms with van der Waals surface area (Å²) in [4.78, 5) is 10.8. The van der Waals surface area contributed by atoms with E-state index in [1.165, 1.54) is 0 Å². The van der Waals surface area contributed by atoms with Gasteiger partial charge in [0.15, 0.2) is 0 Å². The molecule has 2 N–H and O–H groups in total. The molecule has 0 saturated heterocycles. The minimum absolute atomic E-state index is 0.0198. The summed E-state index contributed by atoms with van der Waals surface area (Å²) in [6.45, 7) is 6.00. The molecule has 0 aromatic heterocycles. The summed E-state index contributed by atoms with van der Waals surface area (Å²) in [5.41, 5.74) is -0.0198. The van der Waals surface area contributed by atoms with Crippen LogP contribution in [-0.2, 0) is 14.8 Å². The summed E-state index contributed by atoms with van der Waals surface area (Å²) in [5.74, 6) is -1.13. The lowest BCUT2D eigenvalue weighted by molar-refractivity contribution is -0.141. The molecule has 0 heterocycles. The number of carboxylic acids is 1. The summed E-state index contributed by atoms with van der Waals surface area (Å²) >= 11 is 0. The Hall–Kier alpha value is -0.620. The third-order valence-corrected chi connectivity index (χ3v) is 4.68. The van der Waals surface area contributed by atoms with Gasteiger partial charge in [-0.15, -0.1) is 0 Å². The van der Waals surface area contributed by atoms with E-state index in [2.05, 4.69) is 4.72 Å². The molecule has 0 aromatic carbocycles. The number of carboxylic acid groups (broad SMARTS) is 1. The van der Waals surface area contributed by atoms with Gasteiger partial charge in [-0.2, -0.15) is 0 Å². The molecule has 6 heteroatoms. The third-order valence-electron chi connectivity index (χ3n) is 3.25. The molecule has 1 rings (SSSR count). The van der Waals surface area contributed by atoms with Crippen LogP contribution < -0.4 is 4.72 Å². The van der Waals surface area contributed by atoms with E-state index in [1.54, 1.807) is 0 Å². The Morgan fingerprint density at radius 1 is 1.33 bits per heavy atom. The molecule has 1 aliphatic carbocycles. The number of rotatable bonds is 5. The molecule has 1 fully saturated rings. The van der Waals surface area contributed by atoms with E-state index in [4.69, 9.17) is 5.11 Å². The second kappa shape index (κ2) is 5.57. The first-order chi connectivity index (χ1) is 8.09. The Morgan fingerprint density at radius 2 is 1.94 bits per heavy atom. The van der Waals surface area contributed by atoms with Crippen LogP contribution in [0.1, 0.15) is 46.5 Å². The van der Waals surface area contributed by atoms with Gasteiger partial charge in [-0.3, -0.25) is 4.79 Å². The molecule has 18 heavy (non-hydrogen) atoms. The highest BCUT2D eigenvalue weighted by molar-refractivity contribution is 7.89. The number of nitrogens with one attached hydrogen (secondary N) is 1. The van der Waals surface area contributed by atoms with Crippen LogP contribution in [0.5, 0.6) is 0 Å². The maximum absolute atomic E-state index is 11.9. The van der Waals surface area contributed by atoms with E-state index in [9.17, 15) is 13.2 Å². The molecule has 5 nitrogen and oxygen atoms in total. The van der Waals surface area contributed by atoms with E-state index in [0.717, 1.165) is 0 Å². The van der Waals surface area contributed by atoms with Gasteiger partial charge in [-0.05, 0) is 31.1 Å². The fraction of sp³-hybridized carbons (Fsp3) is 0.917. The molecule has 0 amide bonds. The van der Waals surface area contributed by atoms with Crippen LogP contribution >= 0.6 is 0 Å². The average molecular weight is 277 g/mol. The lowest BCUT2D eigenvalue weighted by Gasteiger charge is -2.19. The van der Waals surface area contributed by atoms with E-state index < -0.39 is 21.9 Å². The zero-order valence-corrected chi connectivity index (χ0v) is 12.1. The van der Waals surface area contributed by atoms with Crippen molar-refractivity contribution in [3.05, 3.63) is 0 Å². The van der Waals surface area contributed by atoms with Gasteiger partial charge in [0.05, 0.1) is 11.7 Å². The Labute approximate surface area is 109 Å². The van der Waals surface area contributed by atoms with Crippen molar-refractivity contribution >= 4 is 16.0 Å². The molecule has 106 valence electrons. The molecule has 0 spiro atoms. The number of hydrogen-bond donors (Lipinski definition) is 2. The molecular weight excluding hydrogens is 254 g/mol. The highest BCUT2D eigenvalue weighted by atomic mass is 32.2. The van der Waals surface area contributed by atoms with Crippen molar-refractivity contribution in [2.24, 2.45) is 11.3 Å². The van der Waals surface area contributed by atoms with E-state index in [0.29, 0.717) is 25.7 Å². The van der Waals surface area contributed by atoms with Crippen molar-refractivity contribution in [3.8, 4) is 0 Å². The summed E-state index contributed by atoms with van der Waals surface area (Å²) in [5, 5.41) is 8.86. The number of hydrogen-bond acceptors (Lipinski definition) is 3. The number of aliphatic carboxylic acids is 1. The molecule has 0 radical (unpaired) electrons. The topological polar surface area (TPSA) is 83.5 Å². The highest BCUT2D eigenvalue weighted by Crippen LogP contribution is 2.26. The zero-order chi connectivity index (χ0) is 14.0. The molecule has 0 aromatic rings. The van der Waals surface area contributed by atoms with Crippen molar-refractivity contribution in [3.63, 3.8) is 0 Å². The average Bonchev–Trinajstić information content (AvgIpc) is 2.62. The normalized spacial score (nSPS) is 25.3. The SMILES string of the molecule is CC(C)(C)CCS(=O)(=O)N[C@H]1CC[C@@H](C(=O)O)C1.